The summed E-state index contributed by atoms with van der Waals surface area (Å²) in [7, 11) is 0. The number of carbonyl (C=O) groups is 1. The van der Waals surface area contributed by atoms with Crippen molar-refractivity contribution in [3.05, 3.63) is 39.4 Å². The highest BCUT2D eigenvalue weighted by molar-refractivity contribution is 6.03. The van der Waals surface area contributed by atoms with Crippen molar-refractivity contribution in [3.8, 4) is 0 Å². The quantitative estimate of drug-likeness (QED) is 0.653. The number of anilines is 1. The van der Waals surface area contributed by atoms with Crippen LogP contribution in [-0.2, 0) is 5.41 Å². The van der Waals surface area contributed by atoms with Crippen molar-refractivity contribution >= 4 is 17.5 Å². The first kappa shape index (κ1) is 14.6. The largest absolute Gasteiger partial charge is 0.288 e. The lowest BCUT2D eigenvalue weighted by Crippen LogP contribution is -2.17. The van der Waals surface area contributed by atoms with Crippen LogP contribution in [0, 0.1) is 10.1 Å². The van der Waals surface area contributed by atoms with Gasteiger partial charge in [-0.05, 0) is 16.7 Å². The smallest absolute Gasteiger partial charge is 0.273 e. The minimum absolute atomic E-state index is 0.00236. The molecular weight excluding hydrogens is 276 g/mol. The zero-order valence-electron chi connectivity index (χ0n) is 11.7. The minimum atomic E-state index is -0.542. The van der Waals surface area contributed by atoms with Crippen LogP contribution in [0.3, 0.4) is 0 Å². The molecule has 0 saturated heterocycles. The number of benzene rings is 1. The average molecular weight is 290 g/mol. The Hall–Kier alpha value is -2.84. The van der Waals surface area contributed by atoms with Crippen LogP contribution in [0.1, 0.15) is 36.7 Å². The van der Waals surface area contributed by atoms with E-state index in [1.54, 1.807) is 6.07 Å². The number of nitrogens with one attached hydrogen (secondary N) is 2. The molecule has 0 radical (unpaired) electrons. The molecule has 1 aromatic carbocycles. The number of aromatic amines is 1. The number of hydrogen-bond donors (Lipinski definition) is 2. The lowest BCUT2D eigenvalue weighted by atomic mass is 9.85. The molecule has 0 fully saturated rings. The molecule has 0 spiro atoms. The van der Waals surface area contributed by atoms with Crippen molar-refractivity contribution < 1.29 is 9.72 Å². The predicted octanol–water partition coefficient (Wildman–Crippen LogP) is 1.66. The first-order valence-electron chi connectivity index (χ1n) is 6.13. The second kappa shape index (κ2) is 5.27. The van der Waals surface area contributed by atoms with Crippen LogP contribution in [0.25, 0.3) is 0 Å². The zero-order chi connectivity index (χ0) is 15.6. The predicted molar refractivity (Wildman–Crippen MR) is 73.9 cm³/mol. The van der Waals surface area contributed by atoms with E-state index in [1.165, 1.54) is 12.1 Å². The van der Waals surface area contributed by atoms with Crippen LogP contribution in [0.15, 0.2) is 18.2 Å². The van der Waals surface area contributed by atoms with Gasteiger partial charge in [-0.2, -0.15) is 5.21 Å². The average Bonchev–Trinajstić information content (AvgIpc) is 2.89. The molecule has 110 valence electrons. The van der Waals surface area contributed by atoms with E-state index in [-0.39, 0.29) is 17.2 Å². The number of carbonyl (C=O) groups excluding carboxylic acids is 1. The van der Waals surface area contributed by atoms with Gasteiger partial charge in [-0.1, -0.05) is 31.9 Å². The molecule has 0 aliphatic heterocycles. The summed E-state index contributed by atoms with van der Waals surface area (Å²) < 4.78 is 0. The van der Waals surface area contributed by atoms with Crippen molar-refractivity contribution in [3.63, 3.8) is 0 Å². The van der Waals surface area contributed by atoms with Crippen LogP contribution in [0.5, 0.6) is 0 Å². The molecular formula is C12H14N6O3. The van der Waals surface area contributed by atoms with Gasteiger partial charge in [0.2, 0.25) is 0 Å². The van der Waals surface area contributed by atoms with Crippen molar-refractivity contribution in [1.82, 2.24) is 20.6 Å². The van der Waals surface area contributed by atoms with E-state index in [2.05, 4.69) is 25.9 Å². The standard InChI is InChI=1S/C12H14N6O3/c1-12(2,3)8-5-4-7(6-9(8)18(20)21)10(19)13-11-14-16-17-15-11/h4-6H,1-3H3,(H2,13,14,15,16,17,19). The van der Waals surface area contributed by atoms with Crippen LogP contribution < -0.4 is 5.32 Å². The lowest BCUT2D eigenvalue weighted by Gasteiger charge is -2.19. The number of hydrogen-bond acceptors (Lipinski definition) is 6. The SMILES string of the molecule is CC(C)(C)c1ccc(C(=O)Nc2nn[nH]n2)cc1[N+](=O)[O-]. The Morgan fingerprint density at radius 1 is 1.38 bits per heavy atom. The maximum Gasteiger partial charge on any atom is 0.273 e. The van der Waals surface area contributed by atoms with Crippen LogP contribution in [-0.4, -0.2) is 31.5 Å². The highest BCUT2D eigenvalue weighted by Crippen LogP contribution is 2.31. The van der Waals surface area contributed by atoms with Gasteiger partial charge >= 0.3 is 0 Å². The molecule has 9 heteroatoms. The Bertz CT molecular complexity index is 675. The fraction of sp³-hybridized carbons (Fsp3) is 0.333. The maximum atomic E-state index is 12.0. The fourth-order valence-electron chi connectivity index (χ4n) is 1.85. The Morgan fingerprint density at radius 2 is 2.10 bits per heavy atom. The third-order valence-electron chi connectivity index (χ3n) is 2.84. The van der Waals surface area contributed by atoms with Gasteiger partial charge < -0.3 is 0 Å². The normalized spacial score (nSPS) is 11.2. The first-order chi connectivity index (χ1) is 9.79. The highest BCUT2D eigenvalue weighted by Gasteiger charge is 2.26. The Kier molecular flexibility index (Phi) is 3.66. The Labute approximate surface area is 119 Å². The number of H-pyrrole nitrogens is 1. The van der Waals surface area contributed by atoms with Crippen molar-refractivity contribution in [1.29, 1.82) is 0 Å². The lowest BCUT2D eigenvalue weighted by molar-refractivity contribution is -0.386. The van der Waals surface area contributed by atoms with E-state index in [4.69, 9.17) is 0 Å². The third kappa shape index (κ3) is 3.19. The first-order valence-corrected chi connectivity index (χ1v) is 6.13. The fourth-order valence-corrected chi connectivity index (χ4v) is 1.85. The number of nitro benzene ring substituents is 1. The topological polar surface area (TPSA) is 127 Å². The summed E-state index contributed by atoms with van der Waals surface area (Å²) in [5.74, 6) is -0.539. The molecule has 9 nitrogen and oxygen atoms in total. The Morgan fingerprint density at radius 3 is 2.62 bits per heavy atom. The third-order valence-corrected chi connectivity index (χ3v) is 2.84. The highest BCUT2D eigenvalue weighted by atomic mass is 16.6. The van der Waals surface area contributed by atoms with E-state index in [9.17, 15) is 14.9 Å². The summed E-state index contributed by atoms with van der Waals surface area (Å²) in [6.07, 6.45) is 0. The van der Waals surface area contributed by atoms with Gasteiger partial charge in [0.15, 0.2) is 0 Å². The summed E-state index contributed by atoms with van der Waals surface area (Å²) >= 11 is 0. The van der Waals surface area contributed by atoms with Gasteiger partial charge in [0.05, 0.1) is 4.92 Å². The molecule has 2 N–H and O–H groups in total. The number of tetrazole rings is 1. The molecule has 0 aliphatic rings. The van der Waals surface area contributed by atoms with Crippen molar-refractivity contribution in [2.75, 3.05) is 5.32 Å². The van der Waals surface area contributed by atoms with Crippen LogP contribution in [0.2, 0.25) is 0 Å². The van der Waals surface area contributed by atoms with E-state index >= 15 is 0 Å². The number of rotatable bonds is 3. The van der Waals surface area contributed by atoms with E-state index in [0.29, 0.717) is 5.56 Å². The Balaban J connectivity index is 2.36. The van der Waals surface area contributed by atoms with Crippen molar-refractivity contribution in [2.45, 2.75) is 26.2 Å². The van der Waals surface area contributed by atoms with Gasteiger partial charge in [0.1, 0.15) is 0 Å². The molecule has 0 atom stereocenters. The summed E-state index contributed by atoms with van der Waals surface area (Å²) in [5, 5.41) is 26.2. The second-order valence-electron chi connectivity index (χ2n) is 5.43. The number of nitrogens with zero attached hydrogens (tertiary/aromatic N) is 4. The number of amides is 1. The van der Waals surface area contributed by atoms with Crippen LogP contribution in [0.4, 0.5) is 11.6 Å². The van der Waals surface area contributed by atoms with Gasteiger partial charge in [-0.15, -0.1) is 5.10 Å². The number of aromatic nitrogens is 4. The monoisotopic (exact) mass is 290 g/mol. The summed E-state index contributed by atoms with van der Waals surface area (Å²) in [4.78, 5) is 22.7. The molecule has 2 rings (SSSR count). The van der Waals surface area contributed by atoms with Gasteiger partial charge in [-0.25, -0.2) is 0 Å². The number of nitro groups is 1. The molecule has 1 amide bonds. The maximum absolute atomic E-state index is 12.0. The van der Waals surface area contributed by atoms with Gasteiger partial charge in [-0.3, -0.25) is 20.2 Å². The second-order valence-corrected chi connectivity index (χ2v) is 5.43. The van der Waals surface area contributed by atoms with Crippen LogP contribution >= 0.6 is 0 Å². The molecule has 1 heterocycles. The molecule has 2 aromatic rings. The molecule has 0 bridgehead atoms. The molecule has 0 saturated carbocycles. The summed E-state index contributed by atoms with van der Waals surface area (Å²) in [6.45, 7) is 5.61. The zero-order valence-corrected chi connectivity index (χ0v) is 11.7. The van der Waals surface area contributed by atoms with Gasteiger partial charge in [0.25, 0.3) is 17.5 Å². The molecule has 0 aliphatic carbocycles. The molecule has 1 aromatic heterocycles. The van der Waals surface area contributed by atoms with Gasteiger partial charge in [0, 0.05) is 17.2 Å². The van der Waals surface area contributed by atoms with E-state index < -0.39 is 16.2 Å². The van der Waals surface area contributed by atoms with E-state index in [1.807, 2.05) is 20.8 Å². The molecule has 21 heavy (non-hydrogen) atoms. The summed E-state index contributed by atoms with van der Waals surface area (Å²) in [5.41, 5.74) is 0.219. The van der Waals surface area contributed by atoms with E-state index in [0.717, 1.165) is 0 Å². The van der Waals surface area contributed by atoms with Crippen molar-refractivity contribution in [2.24, 2.45) is 0 Å². The minimum Gasteiger partial charge on any atom is -0.288 e. The summed E-state index contributed by atoms with van der Waals surface area (Å²) in [6, 6.07) is 4.36. The molecule has 0 unspecified atom stereocenters.